The minimum atomic E-state index is -0.310. The Morgan fingerprint density at radius 3 is 2.76 bits per heavy atom. The number of amides is 1. The first-order valence-corrected chi connectivity index (χ1v) is 6.66. The van der Waals surface area contributed by atoms with Gasteiger partial charge in [0.2, 0.25) is 0 Å². The van der Waals surface area contributed by atoms with Gasteiger partial charge in [-0.25, -0.2) is 0 Å². The lowest BCUT2D eigenvalue weighted by molar-refractivity contribution is 0.102. The Bertz CT molecular complexity index is 828. The van der Waals surface area contributed by atoms with Crippen LogP contribution in [0.3, 0.4) is 0 Å². The van der Waals surface area contributed by atoms with Crippen LogP contribution >= 0.6 is 11.6 Å². The first-order chi connectivity index (χ1) is 10.1. The van der Waals surface area contributed by atoms with Crippen LogP contribution in [0.1, 0.15) is 10.4 Å². The molecule has 0 atom stereocenters. The fraction of sp³-hybridized carbons (Fsp3) is 0. The first kappa shape index (κ1) is 13.4. The molecule has 0 spiro atoms. The molecule has 0 radical (unpaired) electrons. The van der Waals surface area contributed by atoms with Gasteiger partial charge in [0.1, 0.15) is 5.75 Å². The second kappa shape index (κ2) is 5.42. The Morgan fingerprint density at radius 1 is 1.14 bits per heavy atom. The molecule has 0 saturated heterocycles. The number of nitrogens with zero attached hydrogens (tertiary/aromatic N) is 1. The molecule has 0 aliphatic carbocycles. The van der Waals surface area contributed by atoms with Gasteiger partial charge in [0, 0.05) is 17.1 Å². The topological polar surface area (TPSA) is 62.2 Å². The monoisotopic (exact) mass is 298 g/mol. The maximum absolute atomic E-state index is 12.2. The lowest BCUT2D eigenvalue weighted by Gasteiger charge is -2.08. The normalized spacial score (nSPS) is 10.5. The maximum atomic E-state index is 12.2. The number of pyridine rings is 1. The SMILES string of the molecule is O=C(Nc1cccc2cccnc12)c1ccc(O)c(Cl)c1. The summed E-state index contributed by atoms with van der Waals surface area (Å²) in [4.78, 5) is 16.5. The number of aromatic hydroxyl groups is 1. The Kier molecular flexibility index (Phi) is 3.46. The van der Waals surface area contributed by atoms with Crippen molar-refractivity contribution in [3.63, 3.8) is 0 Å². The van der Waals surface area contributed by atoms with Crippen LogP contribution in [-0.4, -0.2) is 16.0 Å². The Hall–Kier alpha value is -2.59. The molecule has 0 aliphatic rings. The van der Waals surface area contributed by atoms with Gasteiger partial charge in [0.25, 0.3) is 5.91 Å². The van der Waals surface area contributed by atoms with Crippen LogP contribution in [0.25, 0.3) is 10.9 Å². The number of rotatable bonds is 2. The summed E-state index contributed by atoms with van der Waals surface area (Å²) in [5.41, 5.74) is 1.71. The van der Waals surface area contributed by atoms with Crippen molar-refractivity contribution in [1.29, 1.82) is 0 Å². The van der Waals surface area contributed by atoms with Crippen LogP contribution in [0, 0.1) is 0 Å². The van der Waals surface area contributed by atoms with E-state index in [1.165, 1.54) is 18.2 Å². The van der Waals surface area contributed by atoms with E-state index in [9.17, 15) is 9.90 Å². The number of aromatic nitrogens is 1. The maximum Gasteiger partial charge on any atom is 0.255 e. The Labute approximate surface area is 126 Å². The number of para-hydroxylation sites is 1. The quantitative estimate of drug-likeness (QED) is 0.755. The van der Waals surface area contributed by atoms with E-state index in [-0.39, 0.29) is 16.7 Å². The van der Waals surface area contributed by atoms with Crippen molar-refractivity contribution in [2.24, 2.45) is 0 Å². The van der Waals surface area contributed by atoms with E-state index in [4.69, 9.17) is 11.6 Å². The van der Waals surface area contributed by atoms with Gasteiger partial charge in [0.05, 0.1) is 16.2 Å². The molecule has 3 aromatic rings. The molecule has 1 heterocycles. The minimum absolute atomic E-state index is 0.0555. The van der Waals surface area contributed by atoms with E-state index in [2.05, 4.69) is 10.3 Å². The smallest absolute Gasteiger partial charge is 0.255 e. The summed E-state index contributed by atoms with van der Waals surface area (Å²) in [6.07, 6.45) is 1.68. The van der Waals surface area contributed by atoms with Gasteiger partial charge in [0.15, 0.2) is 0 Å². The molecule has 104 valence electrons. The van der Waals surface area contributed by atoms with Crippen LogP contribution in [0.2, 0.25) is 5.02 Å². The molecule has 0 fully saturated rings. The number of hydrogen-bond donors (Lipinski definition) is 2. The van der Waals surface area contributed by atoms with Gasteiger partial charge < -0.3 is 10.4 Å². The molecular formula is C16H11ClN2O2. The van der Waals surface area contributed by atoms with Gasteiger partial charge >= 0.3 is 0 Å². The van der Waals surface area contributed by atoms with Crippen molar-refractivity contribution < 1.29 is 9.90 Å². The van der Waals surface area contributed by atoms with Crippen LogP contribution in [0.15, 0.2) is 54.7 Å². The van der Waals surface area contributed by atoms with Gasteiger partial charge in [-0.2, -0.15) is 0 Å². The van der Waals surface area contributed by atoms with Crippen LogP contribution in [0.5, 0.6) is 5.75 Å². The molecule has 1 amide bonds. The van der Waals surface area contributed by atoms with E-state index in [0.717, 1.165) is 10.9 Å². The third-order valence-corrected chi connectivity index (χ3v) is 3.39. The number of carbonyl (C=O) groups is 1. The lowest BCUT2D eigenvalue weighted by Crippen LogP contribution is -2.12. The third kappa shape index (κ3) is 2.66. The molecule has 0 unspecified atom stereocenters. The number of nitrogens with one attached hydrogen (secondary N) is 1. The zero-order valence-electron chi connectivity index (χ0n) is 10.9. The molecule has 0 saturated carbocycles. The van der Waals surface area contributed by atoms with Crippen LogP contribution in [-0.2, 0) is 0 Å². The summed E-state index contributed by atoms with van der Waals surface area (Å²) in [7, 11) is 0. The van der Waals surface area contributed by atoms with Gasteiger partial charge in [-0.05, 0) is 30.3 Å². The first-order valence-electron chi connectivity index (χ1n) is 6.29. The summed E-state index contributed by atoms with van der Waals surface area (Å²) in [5.74, 6) is -0.366. The highest BCUT2D eigenvalue weighted by atomic mass is 35.5. The second-order valence-electron chi connectivity index (χ2n) is 4.50. The highest BCUT2D eigenvalue weighted by Gasteiger charge is 2.10. The largest absolute Gasteiger partial charge is 0.506 e. The van der Waals surface area contributed by atoms with E-state index in [1.807, 2.05) is 24.3 Å². The summed E-state index contributed by atoms with van der Waals surface area (Å²) >= 11 is 5.81. The number of anilines is 1. The molecule has 5 heteroatoms. The molecule has 3 rings (SSSR count). The molecular weight excluding hydrogens is 288 g/mol. The van der Waals surface area contributed by atoms with Crippen molar-refractivity contribution in [2.45, 2.75) is 0 Å². The van der Waals surface area contributed by atoms with Crippen molar-refractivity contribution >= 4 is 34.1 Å². The van der Waals surface area contributed by atoms with E-state index in [0.29, 0.717) is 11.3 Å². The van der Waals surface area contributed by atoms with Gasteiger partial charge in [-0.3, -0.25) is 9.78 Å². The van der Waals surface area contributed by atoms with Crippen molar-refractivity contribution in [3.8, 4) is 5.75 Å². The Morgan fingerprint density at radius 2 is 1.95 bits per heavy atom. The van der Waals surface area contributed by atoms with Crippen LogP contribution < -0.4 is 5.32 Å². The summed E-state index contributed by atoms with van der Waals surface area (Å²) in [6, 6.07) is 13.6. The fourth-order valence-corrected chi connectivity index (χ4v) is 2.23. The average Bonchev–Trinajstić information content (AvgIpc) is 2.50. The van der Waals surface area contributed by atoms with Crippen LogP contribution in [0.4, 0.5) is 5.69 Å². The predicted molar refractivity (Wildman–Crippen MR) is 82.8 cm³/mol. The number of fused-ring (bicyclic) bond motifs is 1. The molecule has 0 bridgehead atoms. The van der Waals surface area contributed by atoms with E-state index in [1.54, 1.807) is 12.3 Å². The zero-order chi connectivity index (χ0) is 14.8. The van der Waals surface area contributed by atoms with E-state index >= 15 is 0 Å². The standard InChI is InChI=1S/C16H11ClN2O2/c17-12-9-11(6-7-14(12)20)16(21)19-13-5-1-3-10-4-2-8-18-15(10)13/h1-9,20H,(H,19,21). The molecule has 2 aromatic carbocycles. The highest BCUT2D eigenvalue weighted by Crippen LogP contribution is 2.25. The lowest BCUT2D eigenvalue weighted by atomic mass is 10.1. The van der Waals surface area contributed by atoms with Gasteiger partial charge in [-0.15, -0.1) is 0 Å². The van der Waals surface area contributed by atoms with E-state index < -0.39 is 0 Å². The number of phenols is 1. The van der Waals surface area contributed by atoms with Crippen molar-refractivity contribution in [2.75, 3.05) is 5.32 Å². The van der Waals surface area contributed by atoms with Crippen molar-refractivity contribution in [1.82, 2.24) is 4.98 Å². The second-order valence-corrected chi connectivity index (χ2v) is 4.91. The number of hydrogen-bond acceptors (Lipinski definition) is 3. The summed E-state index contributed by atoms with van der Waals surface area (Å²) in [5, 5.41) is 13.3. The Balaban J connectivity index is 1.94. The predicted octanol–water partition coefficient (Wildman–Crippen LogP) is 3.85. The highest BCUT2D eigenvalue weighted by molar-refractivity contribution is 6.32. The number of halogens is 1. The molecule has 1 aromatic heterocycles. The van der Waals surface area contributed by atoms with Gasteiger partial charge in [-0.1, -0.05) is 29.8 Å². The zero-order valence-corrected chi connectivity index (χ0v) is 11.6. The molecule has 4 nitrogen and oxygen atoms in total. The van der Waals surface area contributed by atoms with Crippen molar-refractivity contribution in [3.05, 3.63) is 65.3 Å². The third-order valence-electron chi connectivity index (χ3n) is 3.09. The summed E-state index contributed by atoms with van der Waals surface area (Å²) in [6.45, 7) is 0. The number of carbonyl (C=O) groups excluding carboxylic acids is 1. The summed E-state index contributed by atoms with van der Waals surface area (Å²) < 4.78 is 0. The minimum Gasteiger partial charge on any atom is -0.506 e. The molecule has 2 N–H and O–H groups in total. The fourth-order valence-electron chi connectivity index (χ4n) is 2.05. The average molecular weight is 299 g/mol. The number of benzene rings is 2. The molecule has 21 heavy (non-hydrogen) atoms. The molecule has 0 aliphatic heterocycles. The number of phenolic OH excluding ortho intramolecular Hbond substituents is 1.